The van der Waals surface area contributed by atoms with Crippen molar-refractivity contribution in [3.8, 4) is 0 Å². The molecule has 0 saturated heterocycles. The first-order valence-electron chi connectivity index (χ1n) is 5.98. The van der Waals surface area contributed by atoms with Crippen molar-refractivity contribution in [2.24, 2.45) is 11.8 Å². The molecule has 1 aromatic heterocycles. The van der Waals surface area contributed by atoms with Crippen LogP contribution in [-0.4, -0.2) is 33.3 Å². The van der Waals surface area contributed by atoms with Crippen LogP contribution in [-0.2, 0) is 13.1 Å². The molecular formula is C11H20N4O. The average Bonchev–Trinajstić information content (AvgIpc) is 2.99. The summed E-state index contributed by atoms with van der Waals surface area (Å²) in [6, 6.07) is 0. The molecule has 1 aromatic rings. The van der Waals surface area contributed by atoms with Gasteiger partial charge in [-0.1, -0.05) is 12.1 Å². The lowest BCUT2D eigenvalue weighted by Crippen LogP contribution is -2.16. The van der Waals surface area contributed by atoms with Gasteiger partial charge < -0.3 is 10.4 Å². The third kappa shape index (κ3) is 3.57. The molecule has 1 aliphatic rings. The number of aliphatic hydroxyl groups is 1. The van der Waals surface area contributed by atoms with Crippen LogP contribution in [0.25, 0.3) is 0 Å². The largest absolute Gasteiger partial charge is 0.396 e. The minimum absolute atomic E-state index is 0.190. The van der Waals surface area contributed by atoms with Crippen LogP contribution in [0, 0.1) is 11.8 Å². The molecule has 1 aliphatic carbocycles. The fraction of sp³-hybridized carbons (Fsp3) is 0.818. The Labute approximate surface area is 95.8 Å². The second-order valence-electron chi connectivity index (χ2n) is 4.79. The normalized spacial score (nSPS) is 17.6. The molecule has 2 N–H and O–H groups in total. The minimum atomic E-state index is 0.190. The highest BCUT2D eigenvalue weighted by Gasteiger charge is 2.20. The quantitative estimate of drug-likeness (QED) is 0.704. The van der Waals surface area contributed by atoms with Gasteiger partial charge in [-0.3, -0.25) is 4.68 Å². The summed E-state index contributed by atoms with van der Waals surface area (Å²) >= 11 is 0. The average molecular weight is 224 g/mol. The second kappa shape index (κ2) is 5.41. The van der Waals surface area contributed by atoms with Crippen LogP contribution in [0.4, 0.5) is 0 Å². The first-order valence-corrected chi connectivity index (χ1v) is 5.98. The Kier molecular flexibility index (Phi) is 3.90. The van der Waals surface area contributed by atoms with E-state index in [9.17, 15) is 0 Å². The Balaban J connectivity index is 1.72. The molecular weight excluding hydrogens is 204 g/mol. The van der Waals surface area contributed by atoms with Gasteiger partial charge in [-0.15, -0.1) is 5.10 Å². The van der Waals surface area contributed by atoms with Gasteiger partial charge in [0, 0.05) is 25.9 Å². The van der Waals surface area contributed by atoms with E-state index < -0.39 is 0 Å². The zero-order valence-corrected chi connectivity index (χ0v) is 9.76. The molecule has 5 heteroatoms. The van der Waals surface area contributed by atoms with E-state index in [1.165, 1.54) is 12.8 Å². The molecule has 2 rings (SSSR count). The van der Waals surface area contributed by atoms with Crippen LogP contribution in [0.5, 0.6) is 0 Å². The second-order valence-corrected chi connectivity index (χ2v) is 4.79. The van der Waals surface area contributed by atoms with E-state index in [2.05, 4.69) is 15.6 Å². The number of nitrogens with zero attached hydrogens (tertiary/aromatic N) is 3. The Morgan fingerprint density at radius 2 is 2.44 bits per heavy atom. The van der Waals surface area contributed by atoms with E-state index in [1.807, 2.05) is 13.1 Å². The summed E-state index contributed by atoms with van der Waals surface area (Å²) in [5.41, 5.74) is 0.978. The Morgan fingerprint density at radius 3 is 3.12 bits per heavy atom. The maximum Gasteiger partial charge on any atom is 0.0964 e. The van der Waals surface area contributed by atoms with Crippen molar-refractivity contribution in [1.29, 1.82) is 0 Å². The SMILES string of the molecule is CC(CO)Cn1cc(CNCC2CC2)nn1. The summed E-state index contributed by atoms with van der Waals surface area (Å²) in [5.74, 6) is 1.12. The highest BCUT2D eigenvalue weighted by molar-refractivity contribution is 4.92. The molecule has 1 fully saturated rings. The highest BCUT2D eigenvalue weighted by atomic mass is 16.3. The van der Waals surface area contributed by atoms with Crippen LogP contribution < -0.4 is 5.32 Å². The third-order valence-electron chi connectivity index (χ3n) is 2.83. The van der Waals surface area contributed by atoms with E-state index in [0.717, 1.165) is 31.2 Å². The van der Waals surface area contributed by atoms with Gasteiger partial charge in [-0.25, -0.2) is 0 Å². The van der Waals surface area contributed by atoms with Crippen molar-refractivity contribution in [3.63, 3.8) is 0 Å². The molecule has 16 heavy (non-hydrogen) atoms. The molecule has 1 unspecified atom stereocenters. The molecule has 1 atom stereocenters. The molecule has 0 radical (unpaired) electrons. The van der Waals surface area contributed by atoms with Gasteiger partial charge in [0.1, 0.15) is 0 Å². The lowest BCUT2D eigenvalue weighted by molar-refractivity contribution is 0.218. The summed E-state index contributed by atoms with van der Waals surface area (Å²) in [5, 5.41) is 20.4. The topological polar surface area (TPSA) is 63.0 Å². The number of hydrogen-bond acceptors (Lipinski definition) is 4. The minimum Gasteiger partial charge on any atom is -0.396 e. The van der Waals surface area contributed by atoms with E-state index in [0.29, 0.717) is 0 Å². The van der Waals surface area contributed by atoms with Crippen molar-refractivity contribution >= 4 is 0 Å². The number of rotatable bonds is 7. The molecule has 0 amide bonds. The Morgan fingerprint density at radius 1 is 1.62 bits per heavy atom. The fourth-order valence-corrected chi connectivity index (χ4v) is 1.61. The summed E-state index contributed by atoms with van der Waals surface area (Å²) in [7, 11) is 0. The molecule has 0 aliphatic heterocycles. The maximum absolute atomic E-state index is 8.94. The molecule has 0 bridgehead atoms. The first-order chi connectivity index (χ1) is 7.78. The molecule has 0 spiro atoms. The van der Waals surface area contributed by atoms with Crippen LogP contribution in [0.3, 0.4) is 0 Å². The van der Waals surface area contributed by atoms with Crippen LogP contribution in [0.2, 0.25) is 0 Å². The van der Waals surface area contributed by atoms with Gasteiger partial charge in [0.25, 0.3) is 0 Å². The van der Waals surface area contributed by atoms with Gasteiger partial charge in [0.15, 0.2) is 0 Å². The van der Waals surface area contributed by atoms with Gasteiger partial charge >= 0.3 is 0 Å². The third-order valence-corrected chi connectivity index (χ3v) is 2.83. The number of nitrogens with one attached hydrogen (secondary N) is 1. The van der Waals surface area contributed by atoms with E-state index in [4.69, 9.17) is 5.11 Å². The van der Waals surface area contributed by atoms with Crippen LogP contribution >= 0.6 is 0 Å². The summed E-state index contributed by atoms with van der Waals surface area (Å²) in [6.07, 6.45) is 4.69. The van der Waals surface area contributed by atoms with Crippen LogP contribution in [0.1, 0.15) is 25.5 Å². The summed E-state index contributed by atoms with van der Waals surface area (Å²) in [4.78, 5) is 0. The maximum atomic E-state index is 8.94. The molecule has 1 heterocycles. The number of aliphatic hydroxyl groups excluding tert-OH is 1. The lowest BCUT2D eigenvalue weighted by atomic mass is 10.2. The summed E-state index contributed by atoms with van der Waals surface area (Å²) in [6.45, 7) is 4.80. The van der Waals surface area contributed by atoms with Crippen molar-refractivity contribution < 1.29 is 5.11 Å². The standard InChI is InChI=1S/C11H20N4O/c1-9(8-16)6-15-7-11(13-14-15)5-12-4-10-2-3-10/h7,9-10,12,16H,2-6,8H2,1H3. The van der Waals surface area contributed by atoms with E-state index >= 15 is 0 Å². The Hall–Kier alpha value is -0.940. The lowest BCUT2D eigenvalue weighted by Gasteiger charge is -2.05. The number of aromatic nitrogens is 3. The van der Waals surface area contributed by atoms with Crippen molar-refractivity contribution in [1.82, 2.24) is 20.3 Å². The number of hydrogen-bond donors (Lipinski definition) is 2. The first kappa shape index (κ1) is 11.5. The van der Waals surface area contributed by atoms with Crippen molar-refractivity contribution in [2.45, 2.75) is 32.9 Å². The fourth-order valence-electron chi connectivity index (χ4n) is 1.61. The van der Waals surface area contributed by atoms with Gasteiger partial charge in [-0.2, -0.15) is 0 Å². The zero-order valence-electron chi connectivity index (χ0n) is 9.76. The predicted molar refractivity (Wildman–Crippen MR) is 60.7 cm³/mol. The van der Waals surface area contributed by atoms with Gasteiger partial charge in [-0.05, 0) is 31.2 Å². The van der Waals surface area contributed by atoms with Gasteiger partial charge in [0.05, 0.1) is 5.69 Å². The van der Waals surface area contributed by atoms with E-state index in [1.54, 1.807) is 4.68 Å². The zero-order chi connectivity index (χ0) is 11.4. The van der Waals surface area contributed by atoms with Crippen molar-refractivity contribution in [3.05, 3.63) is 11.9 Å². The van der Waals surface area contributed by atoms with Crippen molar-refractivity contribution in [2.75, 3.05) is 13.2 Å². The highest BCUT2D eigenvalue weighted by Crippen LogP contribution is 2.27. The molecule has 0 aromatic carbocycles. The monoisotopic (exact) mass is 224 g/mol. The van der Waals surface area contributed by atoms with E-state index in [-0.39, 0.29) is 12.5 Å². The molecule has 90 valence electrons. The Bertz CT molecular complexity index is 322. The predicted octanol–water partition coefficient (Wildman–Crippen LogP) is 0.406. The van der Waals surface area contributed by atoms with Gasteiger partial charge in [0.2, 0.25) is 0 Å². The van der Waals surface area contributed by atoms with Crippen LogP contribution in [0.15, 0.2) is 6.20 Å². The molecule has 5 nitrogen and oxygen atoms in total. The smallest absolute Gasteiger partial charge is 0.0964 e. The summed E-state index contributed by atoms with van der Waals surface area (Å²) < 4.78 is 1.80. The molecule has 1 saturated carbocycles.